The number of nitrogens with one attached hydrogen (secondary N) is 1. The number of ether oxygens (including phenoxy) is 2. The Bertz CT molecular complexity index is 2290. The second-order valence-corrected chi connectivity index (χ2v) is 16.8. The minimum atomic E-state index is -5.45. The Kier molecular flexibility index (Phi) is 13.6. The van der Waals surface area contributed by atoms with Crippen LogP contribution in [0.4, 0.5) is 10.2 Å². The molecule has 0 saturated carbocycles. The van der Waals surface area contributed by atoms with Crippen LogP contribution >= 0.6 is 27.2 Å². The maximum absolute atomic E-state index is 15.5. The van der Waals surface area contributed by atoms with Gasteiger partial charge in [0.05, 0.1) is 12.9 Å². The minimum absolute atomic E-state index is 0.00978. The summed E-state index contributed by atoms with van der Waals surface area (Å²) in [6, 6.07) is 18.2. The van der Waals surface area contributed by atoms with E-state index < -0.39 is 58.8 Å². The van der Waals surface area contributed by atoms with Gasteiger partial charge < -0.3 is 34.6 Å². The van der Waals surface area contributed by atoms with E-state index in [0.29, 0.717) is 34.9 Å². The summed E-state index contributed by atoms with van der Waals surface area (Å²) < 4.78 is 72.7. The summed E-state index contributed by atoms with van der Waals surface area (Å²) in [5, 5.41) is 14.2. The molecule has 57 heavy (non-hydrogen) atoms. The van der Waals surface area contributed by atoms with Crippen LogP contribution in [0.1, 0.15) is 38.1 Å². The van der Waals surface area contributed by atoms with Crippen molar-refractivity contribution >= 4 is 60.9 Å². The van der Waals surface area contributed by atoms with Crippen LogP contribution in [0.2, 0.25) is 5.28 Å². The van der Waals surface area contributed by atoms with Crippen molar-refractivity contribution in [3.63, 3.8) is 0 Å². The molecule has 4 unspecified atom stereocenters. The van der Waals surface area contributed by atoms with E-state index in [2.05, 4.69) is 24.9 Å². The number of nitrogens with zero attached hydrogens (tertiary/aromatic N) is 5. The van der Waals surface area contributed by atoms with Gasteiger partial charge in [-0.05, 0) is 54.5 Å². The number of nitrogen functional groups attached to an aromatic ring is 1. The molecule has 3 aromatic carbocycles. The number of aliphatic hydroxyl groups excluding tert-OH is 1. The highest BCUT2D eigenvalue weighted by Crippen LogP contribution is 2.61. The third-order valence-electron chi connectivity index (χ3n) is 9.30. The predicted octanol–water partition coefficient (Wildman–Crippen LogP) is 5.74. The summed E-state index contributed by atoms with van der Waals surface area (Å²) in [6.45, 7) is 6.48. The summed E-state index contributed by atoms with van der Waals surface area (Å²) in [4.78, 5) is 38.3. The van der Waals surface area contributed by atoms with Crippen molar-refractivity contribution in [2.75, 3.05) is 32.0 Å². The lowest BCUT2D eigenvalue weighted by Crippen LogP contribution is -2.35. The molecular weight excluding hydrogens is 807 g/mol. The number of phosphoric ester groups is 1. The van der Waals surface area contributed by atoms with Crippen LogP contribution in [-0.2, 0) is 45.3 Å². The molecule has 306 valence electrons. The van der Waals surface area contributed by atoms with Gasteiger partial charge in [0.25, 0.3) is 0 Å². The van der Waals surface area contributed by atoms with E-state index in [4.69, 9.17) is 40.2 Å². The molecule has 1 fully saturated rings. The second-order valence-electron chi connectivity index (χ2n) is 13.1. The number of hydrogen-bond donors (Lipinski definition) is 4. The fraction of sp³-hybridized carbons (Fsp3) is 0.389. The number of aromatic nitrogens is 4. The quantitative estimate of drug-likeness (QED) is 0.0469. The number of carbonyl (C=O) groups excluding carboxylic acids is 1. The number of phosphoric acid groups is 1. The molecule has 0 amide bonds. The number of carbonyl (C=O) groups is 1. The lowest BCUT2D eigenvalue weighted by Gasteiger charge is -2.26. The standard InChI is InChI=1S/C36H43ClFN7O10P2/c1-4-44(5-2)18-17-25-16-15-24-13-9-10-14-26(24)31(25)54-56(48,43-22(3)35(47)51-19-23-11-7-6-8-12-23)55-57(49,50)52-20-27-30(46)28(38)34(53-27)45-21-40-29-32(39)41-36(37)42-33(29)45/h6-16,21-22,27-28,30,34,46H,4-5,17-20H2,1-3H3,(H,43,48)(H,49,50)(H2,39,41,42)/t22-,27+,28?,30?,34+,56?/m0/s1. The maximum Gasteiger partial charge on any atom is 0.481 e. The van der Waals surface area contributed by atoms with Crippen molar-refractivity contribution in [2.24, 2.45) is 0 Å². The minimum Gasteiger partial charge on any atom is -0.460 e. The van der Waals surface area contributed by atoms with Crippen molar-refractivity contribution in [2.45, 2.75) is 64.4 Å². The Morgan fingerprint density at radius 1 is 1.11 bits per heavy atom. The number of rotatable bonds is 18. The maximum atomic E-state index is 15.5. The van der Waals surface area contributed by atoms with Gasteiger partial charge >= 0.3 is 21.5 Å². The summed E-state index contributed by atoms with van der Waals surface area (Å²) in [5.41, 5.74) is 7.25. The number of nitrogens with two attached hydrogens (primary N) is 1. The number of hydrogen-bond acceptors (Lipinski definition) is 14. The highest BCUT2D eigenvalue weighted by atomic mass is 35.5. The summed E-state index contributed by atoms with van der Waals surface area (Å²) in [5.74, 6) is -0.868. The first-order valence-electron chi connectivity index (χ1n) is 18.0. The van der Waals surface area contributed by atoms with E-state index in [0.717, 1.165) is 24.0 Å². The van der Waals surface area contributed by atoms with Gasteiger partial charge in [-0.2, -0.15) is 19.4 Å². The smallest absolute Gasteiger partial charge is 0.460 e. The molecule has 7 atom stereocenters. The van der Waals surface area contributed by atoms with E-state index in [1.165, 1.54) is 6.92 Å². The SMILES string of the molecule is CCN(CC)CCc1ccc2ccccc2c1OP(=O)(N[C@@H](C)C(=O)OCc1ccccc1)OP(=O)(O)OC[C@H]1O[C@@H](n2cnc3c(N)nc(Cl)nc32)C(F)C1O. The molecule has 2 aromatic heterocycles. The van der Waals surface area contributed by atoms with Crippen molar-refractivity contribution in [1.82, 2.24) is 29.5 Å². The van der Waals surface area contributed by atoms with Gasteiger partial charge in [0.15, 0.2) is 23.9 Å². The second kappa shape index (κ2) is 18.2. The highest BCUT2D eigenvalue weighted by molar-refractivity contribution is 7.63. The molecule has 3 heterocycles. The number of fused-ring (bicyclic) bond motifs is 2. The third kappa shape index (κ3) is 10.2. The molecule has 0 bridgehead atoms. The average Bonchev–Trinajstić information content (AvgIpc) is 3.73. The molecule has 0 spiro atoms. The number of likely N-dealkylation sites (N-methyl/N-ethyl adjacent to an activating group) is 1. The van der Waals surface area contributed by atoms with Crippen molar-refractivity contribution in [1.29, 1.82) is 0 Å². The van der Waals surface area contributed by atoms with Gasteiger partial charge in [-0.25, -0.2) is 18.5 Å². The largest absolute Gasteiger partial charge is 0.481 e. The van der Waals surface area contributed by atoms with Crippen LogP contribution in [0, 0.1) is 0 Å². The normalized spacial score (nSPS) is 21.1. The Morgan fingerprint density at radius 2 is 1.82 bits per heavy atom. The third-order valence-corrected chi connectivity index (χ3v) is 12.8. The molecule has 1 aliphatic rings. The zero-order valence-corrected chi connectivity index (χ0v) is 33.7. The number of halogens is 2. The summed E-state index contributed by atoms with van der Waals surface area (Å²) in [7, 11) is -10.5. The fourth-order valence-electron chi connectivity index (χ4n) is 6.23. The predicted molar refractivity (Wildman–Crippen MR) is 209 cm³/mol. The first kappa shape index (κ1) is 42.5. The van der Waals surface area contributed by atoms with E-state index in [1.54, 1.807) is 60.7 Å². The molecule has 17 nitrogen and oxygen atoms in total. The Labute approximate surface area is 332 Å². The van der Waals surface area contributed by atoms with Crippen molar-refractivity contribution < 1.29 is 51.1 Å². The van der Waals surface area contributed by atoms with Crippen LogP contribution in [0.5, 0.6) is 5.75 Å². The number of alkyl halides is 1. The van der Waals surface area contributed by atoms with Crippen LogP contribution in [0.25, 0.3) is 21.9 Å². The first-order valence-corrected chi connectivity index (χ1v) is 21.4. The summed E-state index contributed by atoms with van der Waals surface area (Å²) >= 11 is 5.94. The lowest BCUT2D eigenvalue weighted by molar-refractivity contribution is -0.146. The van der Waals surface area contributed by atoms with Gasteiger partial charge in [0.1, 0.15) is 36.1 Å². The highest BCUT2D eigenvalue weighted by Gasteiger charge is 2.48. The zero-order valence-electron chi connectivity index (χ0n) is 31.2. The van der Waals surface area contributed by atoms with Gasteiger partial charge in [-0.15, -0.1) is 0 Å². The molecule has 0 radical (unpaired) electrons. The number of esters is 1. The Hall–Kier alpha value is -4.06. The molecule has 5 N–H and O–H groups in total. The number of anilines is 1. The van der Waals surface area contributed by atoms with E-state index in [-0.39, 0.29) is 34.6 Å². The Balaban J connectivity index is 1.24. The topological polar surface area (TPSA) is 223 Å². The van der Waals surface area contributed by atoms with Crippen LogP contribution in [-0.4, -0.2) is 91.1 Å². The van der Waals surface area contributed by atoms with Crippen molar-refractivity contribution in [3.8, 4) is 5.75 Å². The van der Waals surface area contributed by atoms with E-state index in [9.17, 15) is 23.9 Å². The molecular formula is C36H43ClFN7O10P2. The molecule has 5 aromatic rings. The van der Waals surface area contributed by atoms with E-state index >= 15 is 4.39 Å². The molecule has 0 aliphatic carbocycles. The number of benzene rings is 3. The first-order chi connectivity index (χ1) is 27.2. The number of aliphatic hydroxyl groups is 1. The van der Waals surface area contributed by atoms with Crippen LogP contribution in [0.15, 0.2) is 73.1 Å². The van der Waals surface area contributed by atoms with Gasteiger partial charge in [-0.3, -0.25) is 13.9 Å². The van der Waals surface area contributed by atoms with Gasteiger partial charge in [-0.1, -0.05) is 80.6 Å². The van der Waals surface area contributed by atoms with Crippen LogP contribution < -0.4 is 15.3 Å². The Morgan fingerprint density at radius 3 is 2.56 bits per heavy atom. The van der Waals surface area contributed by atoms with E-state index in [1.807, 2.05) is 19.9 Å². The number of imidazole rings is 1. The van der Waals surface area contributed by atoms with Crippen LogP contribution in [0.3, 0.4) is 0 Å². The van der Waals surface area contributed by atoms with Gasteiger partial charge in [0.2, 0.25) is 5.28 Å². The fourth-order valence-corrected chi connectivity index (χ4v) is 9.42. The lowest BCUT2D eigenvalue weighted by atomic mass is 10.0. The molecule has 1 aliphatic heterocycles. The summed E-state index contributed by atoms with van der Waals surface area (Å²) in [6.07, 6.45) is -5.48. The monoisotopic (exact) mass is 849 g/mol. The molecule has 6 rings (SSSR count). The molecule has 1 saturated heterocycles. The molecule has 21 heteroatoms. The average molecular weight is 850 g/mol. The zero-order chi connectivity index (χ0) is 40.9. The van der Waals surface area contributed by atoms with Gasteiger partial charge in [0, 0.05) is 11.9 Å². The van der Waals surface area contributed by atoms with Crippen molar-refractivity contribution in [3.05, 3.63) is 89.5 Å².